The number of benzene rings is 1. The Morgan fingerprint density at radius 3 is 2.61 bits per heavy atom. The number of sulfone groups is 1. The molecule has 7 nitrogen and oxygen atoms in total. The summed E-state index contributed by atoms with van der Waals surface area (Å²) in [7, 11) is -3.81. The first-order valence-electron chi connectivity index (χ1n) is 8.45. The van der Waals surface area contributed by atoms with Crippen LogP contribution in [0.25, 0.3) is 0 Å². The average molecular weight is 427 g/mol. The molecule has 0 radical (unpaired) electrons. The number of nitrogens with zero attached hydrogens (tertiary/aromatic N) is 1. The number of amides is 1. The van der Waals surface area contributed by atoms with Gasteiger partial charge in [-0.1, -0.05) is 6.92 Å². The molecule has 0 aliphatic carbocycles. The van der Waals surface area contributed by atoms with E-state index < -0.39 is 38.1 Å². The van der Waals surface area contributed by atoms with Crippen LogP contribution in [0.1, 0.15) is 47.7 Å². The molecule has 0 aliphatic rings. The summed E-state index contributed by atoms with van der Waals surface area (Å²) < 4.78 is 38.0. The van der Waals surface area contributed by atoms with Crippen molar-refractivity contribution in [3.63, 3.8) is 0 Å². The molecule has 2 rings (SSSR count). The molecule has 0 spiro atoms. The number of hydrogen-bond donors (Lipinski definition) is 3. The van der Waals surface area contributed by atoms with Crippen LogP contribution in [0.3, 0.4) is 0 Å². The van der Waals surface area contributed by atoms with Crippen LogP contribution in [0.2, 0.25) is 0 Å². The highest BCUT2D eigenvalue weighted by molar-refractivity contribution is 7.93. The second kappa shape index (κ2) is 7.96. The topological polar surface area (TPSA) is 126 Å². The fourth-order valence-electron chi connectivity index (χ4n) is 2.46. The SMILES string of the molecule is Cc1nc(C(=O)Nc2ccc(F)c(C(C)CS(=O)(=O)C(C)(C)C(=N)N)c2)cs1. The fraction of sp³-hybridized carbons (Fsp3) is 0.389. The molecule has 4 N–H and O–H groups in total. The van der Waals surface area contributed by atoms with Gasteiger partial charge in [-0.05, 0) is 50.5 Å². The normalized spacial score (nSPS) is 13.2. The highest BCUT2D eigenvalue weighted by Crippen LogP contribution is 2.28. The van der Waals surface area contributed by atoms with Crippen LogP contribution in [0.5, 0.6) is 0 Å². The lowest BCUT2D eigenvalue weighted by molar-refractivity contribution is 0.102. The smallest absolute Gasteiger partial charge is 0.275 e. The maximum absolute atomic E-state index is 14.3. The number of aromatic nitrogens is 1. The molecule has 1 atom stereocenters. The molecule has 0 saturated carbocycles. The second-order valence-electron chi connectivity index (χ2n) is 7.05. The van der Waals surface area contributed by atoms with E-state index in [2.05, 4.69) is 10.3 Å². The summed E-state index contributed by atoms with van der Waals surface area (Å²) in [5.74, 6) is -2.58. The molecule has 1 aromatic heterocycles. The van der Waals surface area contributed by atoms with Crippen LogP contribution in [0.4, 0.5) is 10.1 Å². The molecule has 0 saturated heterocycles. The Hall–Kier alpha value is -2.33. The number of halogens is 1. The number of carbonyl (C=O) groups is 1. The first-order chi connectivity index (χ1) is 12.8. The Balaban J connectivity index is 2.25. The van der Waals surface area contributed by atoms with Crippen molar-refractivity contribution < 1.29 is 17.6 Å². The van der Waals surface area contributed by atoms with Crippen LogP contribution < -0.4 is 11.1 Å². The molecule has 2 aromatic rings. The lowest BCUT2D eigenvalue weighted by Crippen LogP contribution is -2.46. The van der Waals surface area contributed by atoms with Crippen LogP contribution in [-0.2, 0) is 9.84 Å². The van der Waals surface area contributed by atoms with Crippen molar-refractivity contribution in [3.8, 4) is 0 Å². The molecule has 10 heteroatoms. The van der Waals surface area contributed by atoms with Gasteiger partial charge in [0.1, 0.15) is 22.1 Å². The van der Waals surface area contributed by atoms with E-state index >= 15 is 0 Å². The highest BCUT2D eigenvalue weighted by atomic mass is 32.2. The summed E-state index contributed by atoms with van der Waals surface area (Å²) in [5, 5.41) is 12.5. The number of thiazole rings is 1. The van der Waals surface area contributed by atoms with Crippen molar-refractivity contribution >= 4 is 38.6 Å². The van der Waals surface area contributed by atoms with E-state index in [0.29, 0.717) is 5.69 Å². The zero-order valence-electron chi connectivity index (χ0n) is 16.0. The van der Waals surface area contributed by atoms with Gasteiger partial charge in [0, 0.05) is 11.1 Å². The van der Waals surface area contributed by atoms with Gasteiger partial charge < -0.3 is 11.1 Å². The van der Waals surface area contributed by atoms with Crippen molar-refractivity contribution in [1.29, 1.82) is 5.41 Å². The van der Waals surface area contributed by atoms with Crippen molar-refractivity contribution in [2.75, 3.05) is 11.1 Å². The molecule has 1 aromatic carbocycles. The minimum atomic E-state index is -3.81. The molecule has 0 aliphatic heterocycles. The Labute approximate surface area is 167 Å². The van der Waals surface area contributed by atoms with Gasteiger partial charge in [-0.2, -0.15) is 0 Å². The molecule has 0 fully saturated rings. The molecule has 152 valence electrons. The number of amidine groups is 1. The summed E-state index contributed by atoms with van der Waals surface area (Å²) in [6.45, 7) is 6.05. The average Bonchev–Trinajstić information content (AvgIpc) is 3.02. The Morgan fingerprint density at radius 1 is 1.43 bits per heavy atom. The zero-order valence-corrected chi connectivity index (χ0v) is 17.7. The fourth-order valence-corrected chi connectivity index (χ4v) is 4.64. The number of nitrogens with two attached hydrogens (primary N) is 1. The van der Waals surface area contributed by atoms with Gasteiger partial charge in [-0.25, -0.2) is 17.8 Å². The summed E-state index contributed by atoms with van der Waals surface area (Å²) in [5.41, 5.74) is 6.15. The summed E-state index contributed by atoms with van der Waals surface area (Å²) in [6, 6.07) is 3.99. The molecular weight excluding hydrogens is 403 g/mol. The zero-order chi connectivity index (χ0) is 21.3. The Morgan fingerprint density at radius 2 is 2.07 bits per heavy atom. The molecule has 1 heterocycles. The van der Waals surface area contributed by atoms with E-state index in [4.69, 9.17) is 11.1 Å². The van der Waals surface area contributed by atoms with Crippen LogP contribution in [-0.4, -0.2) is 35.6 Å². The van der Waals surface area contributed by atoms with E-state index in [1.165, 1.54) is 43.4 Å². The minimum Gasteiger partial charge on any atom is -0.386 e. The lowest BCUT2D eigenvalue weighted by atomic mass is 10.0. The van der Waals surface area contributed by atoms with Crippen molar-refractivity contribution in [3.05, 3.63) is 45.7 Å². The Kier molecular flexibility index (Phi) is 6.24. The third-order valence-corrected chi connectivity index (χ3v) is 8.02. The van der Waals surface area contributed by atoms with E-state index in [0.717, 1.165) is 5.01 Å². The largest absolute Gasteiger partial charge is 0.386 e. The quantitative estimate of drug-likeness (QED) is 0.463. The number of carbonyl (C=O) groups excluding carboxylic acids is 1. The Bertz CT molecular complexity index is 1020. The first-order valence-corrected chi connectivity index (χ1v) is 11.0. The van der Waals surface area contributed by atoms with Crippen LogP contribution >= 0.6 is 11.3 Å². The number of anilines is 1. The number of aryl methyl sites for hydroxylation is 1. The first kappa shape index (κ1) is 22.0. The van der Waals surface area contributed by atoms with Crippen molar-refractivity contribution in [1.82, 2.24) is 4.98 Å². The van der Waals surface area contributed by atoms with Crippen molar-refractivity contribution in [2.45, 2.75) is 38.4 Å². The monoisotopic (exact) mass is 426 g/mol. The minimum absolute atomic E-state index is 0.148. The van der Waals surface area contributed by atoms with E-state index in [9.17, 15) is 17.6 Å². The molecule has 0 bridgehead atoms. The standard InChI is InChI=1S/C18H23FN4O3S2/c1-10(9-28(25,26)18(3,4)17(20)21)13-7-12(5-6-14(13)19)23-16(24)15-8-27-11(2)22-15/h5-8,10H,9H2,1-4H3,(H3,20,21)(H,23,24). The van der Waals surface area contributed by atoms with E-state index in [1.807, 2.05) is 0 Å². The third-order valence-electron chi connectivity index (χ3n) is 4.53. The molecular formula is C18H23FN4O3S2. The van der Waals surface area contributed by atoms with Crippen LogP contribution in [0.15, 0.2) is 23.6 Å². The van der Waals surface area contributed by atoms with E-state index in [-0.39, 0.29) is 17.0 Å². The molecule has 1 amide bonds. The summed E-state index contributed by atoms with van der Waals surface area (Å²) >= 11 is 1.34. The summed E-state index contributed by atoms with van der Waals surface area (Å²) in [4.78, 5) is 16.3. The predicted octanol–water partition coefficient (Wildman–Crippen LogP) is 3.08. The van der Waals surface area contributed by atoms with Gasteiger partial charge in [0.05, 0.1) is 10.8 Å². The number of hydrogen-bond acceptors (Lipinski definition) is 6. The van der Waals surface area contributed by atoms with Gasteiger partial charge in [0.2, 0.25) is 0 Å². The summed E-state index contributed by atoms with van der Waals surface area (Å²) in [6.07, 6.45) is 0. The molecule has 1 unspecified atom stereocenters. The van der Waals surface area contributed by atoms with Gasteiger partial charge in [-0.15, -0.1) is 11.3 Å². The van der Waals surface area contributed by atoms with Gasteiger partial charge in [0.25, 0.3) is 5.91 Å². The predicted molar refractivity (Wildman–Crippen MR) is 109 cm³/mol. The number of rotatable bonds is 7. The maximum atomic E-state index is 14.3. The second-order valence-corrected chi connectivity index (χ2v) is 10.7. The van der Waals surface area contributed by atoms with Gasteiger partial charge >= 0.3 is 0 Å². The number of nitrogens with one attached hydrogen (secondary N) is 2. The third kappa shape index (κ3) is 4.56. The van der Waals surface area contributed by atoms with Crippen LogP contribution in [0, 0.1) is 18.2 Å². The van der Waals surface area contributed by atoms with Crippen molar-refractivity contribution in [2.24, 2.45) is 5.73 Å². The maximum Gasteiger partial charge on any atom is 0.275 e. The van der Waals surface area contributed by atoms with E-state index in [1.54, 1.807) is 19.2 Å². The molecule has 28 heavy (non-hydrogen) atoms. The lowest BCUT2D eigenvalue weighted by Gasteiger charge is -2.25. The highest BCUT2D eigenvalue weighted by Gasteiger charge is 2.38. The van der Waals surface area contributed by atoms with Gasteiger partial charge in [-0.3, -0.25) is 10.2 Å². The van der Waals surface area contributed by atoms with Gasteiger partial charge in [0.15, 0.2) is 9.84 Å².